The first-order chi connectivity index (χ1) is 12.6. The van der Waals surface area contributed by atoms with Crippen molar-refractivity contribution in [2.45, 2.75) is 56.8 Å². The summed E-state index contributed by atoms with van der Waals surface area (Å²) in [6.07, 6.45) is 7.24. The van der Waals surface area contributed by atoms with Crippen LogP contribution in [-0.2, 0) is 24.2 Å². The molecule has 7 heteroatoms. The van der Waals surface area contributed by atoms with Crippen LogP contribution in [0.25, 0.3) is 10.2 Å². The minimum absolute atomic E-state index is 0.00238. The Labute approximate surface area is 160 Å². The van der Waals surface area contributed by atoms with Crippen LogP contribution >= 0.6 is 23.1 Å². The Hall–Kier alpha value is -1.60. The summed E-state index contributed by atoms with van der Waals surface area (Å²) in [6.45, 7) is 6.24. The molecule has 4 rings (SSSR count). The molecule has 5 nitrogen and oxygen atoms in total. The molecular weight excluding hydrogens is 366 g/mol. The number of nitrogens with zero attached hydrogens (tertiary/aromatic N) is 2. The van der Waals surface area contributed by atoms with Crippen LogP contribution < -0.4 is 10.9 Å². The van der Waals surface area contributed by atoms with Crippen LogP contribution in [0.3, 0.4) is 0 Å². The van der Waals surface area contributed by atoms with Crippen molar-refractivity contribution in [1.29, 1.82) is 0 Å². The lowest BCUT2D eigenvalue weighted by molar-refractivity contribution is -0.119. The van der Waals surface area contributed by atoms with Crippen LogP contribution in [0.1, 0.15) is 36.6 Å². The largest absolute Gasteiger partial charge is 0.353 e. The summed E-state index contributed by atoms with van der Waals surface area (Å²) in [5.41, 5.74) is 1.19. The second-order valence-corrected chi connectivity index (χ2v) is 9.14. The van der Waals surface area contributed by atoms with Crippen LogP contribution in [0.4, 0.5) is 0 Å². The number of thiophene rings is 1. The molecule has 0 aromatic carbocycles. The van der Waals surface area contributed by atoms with E-state index in [0.29, 0.717) is 17.6 Å². The summed E-state index contributed by atoms with van der Waals surface area (Å²) in [4.78, 5) is 32.1. The molecule has 0 aliphatic heterocycles. The number of allylic oxidation sites excluding steroid dienone is 1. The fourth-order valence-electron chi connectivity index (χ4n) is 3.60. The number of aryl methyl sites for hydroxylation is 2. The lowest BCUT2D eigenvalue weighted by Gasteiger charge is -2.13. The maximum atomic E-state index is 13.0. The molecule has 2 aromatic rings. The van der Waals surface area contributed by atoms with Crippen molar-refractivity contribution in [3.05, 3.63) is 33.4 Å². The zero-order valence-corrected chi connectivity index (χ0v) is 16.5. The Morgan fingerprint density at radius 1 is 1.50 bits per heavy atom. The fraction of sp³-hybridized carbons (Fsp3) is 0.526. The molecule has 0 radical (unpaired) electrons. The van der Waals surface area contributed by atoms with Gasteiger partial charge in [0.25, 0.3) is 5.56 Å². The predicted octanol–water partition coefficient (Wildman–Crippen LogP) is 3.14. The van der Waals surface area contributed by atoms with Crippen LogP contribution in [-0.4, -0.2) is 27.3 Å². The summed E-state index contributed by atoms with van der Waals surface area (Å²) in [5.74, 6) is 0.908. The highest BCUT2D eigenvalue weighted by atomic mass is 32.2. The minimum Gasteiger partial charge on any atom is -0.353 e. The van der Waals surface area contributed by atoms with E-state index in [2.05, 4.69) is 18.8 Å². The number of thioether (sulfide) groups is 1. The standard InChI is InChI=1S/C19H23N3O2S2/c1-3-9-22-18(24)16-13-5-4-6-14(13)26-17(16)21-19(22)25-10-15(23)20-11(2)12-7-8-12/h3,11-12H,1,4-10H2,2H3,(H,20,23)/t11-/m0/s1. The summed E-state index contributed by atoms with van der Waals surface area (Å²) in [7, 11) is 0. The molecule has 0 unspecified atom stereocenters. The van der Waals surface area contributed by atoms with Gasteiger partial charge in [0, 0.05) is 17.5 Å². The van der Waals surface area contributed by atoms with Gasteiger partial charge in [0.2, 0.25) is 5.91 Å². The van der Waals surface area contributed by atoms with Crippen molar-refractivity contribution in [2.24, 2.45) is 5.92 Å². The SMILES string of the molecule is C=CCn1c(SCC(=O)N[C@@H](C)C2CC2)nc2sc3c(c2c1=O)CCC3. The lowest BCUT2D eigenvalue weighted by Crippen LogP contribution is -2.35. The first-order valence-electron chi connectivity index (χ1n) is 9.16. The predicted molar refractivity (Wildman–Crippen MR) is 107 cm³/mol. The molecule has 0 spiro atoms. The van der Waals surface area contributed by atoms with E-state index in [9.17, 15) is 9.59 Å². The van der Waals surface area contributed by atoms with Gasteiger partial charge >= 0.3 is 0 Å². The topological polar surface area (TPSA) is 64.0 Å². The Morgan fingerprint density at radius 3 is 3.04 bits per heavy atom. The Balaban J connectivity index is 1.59. The molecule has 2 aliphatic rings. The first-order valence-corrected chi connectivity index (χ1v) is 11.0. The van der Waals surface area contributed by atoms with E-state index in [4.69, 9.17) is 4.98 Å². The maximum Gasteiger partial charge on any atom is 0.263 e. The third-order valence-corrected chi connectivity index (χ3v) is 7.31. The number of fused-ring (bicyclic) bond motifs is 3. The second kappa shape index (κ2) is 7.19. The highest BCUT2D eigenvalue weighted by Crippen LogP contribution is 2.35. The number of carbonyl (C=O) groups is 1. The normalized spacial score (nSPS) is 17.3. The van der Waals surface area contributed by atoms with E-state index in [1.54, 1.807) is 22.0 Å². The average Bonchev–Trinajstić information content (AvgIpc) is 3.27. The van der Waals surface area contributed by atoms with E-state index in [0.717, 1.165) is 29.5 Å². The quantitative estimate of drug-likeness (QED) is 0.449. The third kappa shape index (κ3) is 3.34. The van der Waals surface area contributed by atoms with Gasteiger partial charge in [-0.15, -0.1) is 17.9 Å². The van der Waals surface area contributed by atoms with Crippen molar-refractivity contribution in [1.82, 2.24) is 14.9 Å². The molecule has 138 valence electrons. The molecule has 2 heterocycles. The van der Waals surface area contributed by atoms with Crippen molar-refractivity contribution < 1.29 is 4.79 Å². The van der Waals surface area contributed by atoms with Crippen molar-refractivity contribution in [3.63, 3.8) is 0 Å². The van der Waals surface area contributed by atoms with Gasteiger partial charge in [0.1, 0.15) is 4.83 Å². The van der Waals surface area contributed by atoms with Crippen LogP contribution in [0.2, 0.25) is 0 Å². The van der Waals surface area contributed by atoms with E-state index < -0.39 is 0 Å². The molecule has 2 aromatic heterocycles. The molecule has 1 amide bonds. The highest BCUT2D eigenvalue weighted by molar-refractivity contribution is 7.99. The smallest absolute Gasteiger partial charge is 0.263 e. The number of hydrogen-bond acceptors (Lipinski definition) is 5. The third-order valence-electron chi connectivity index (χ3n) is 5.15. The minimum atomic E-state index is 0.00238. The molecular formula is C19H23N3O2S2. The van der Waals surface area contributed by atoms with Crippen LogP contribution in [0, 0.1) is 5.92 Å². The molecule has 1 saturated carbocycles. The molecule has 2 aliphatic carbocycles. The van der Waals surface area contributed by atoms with Gasteiger partial charge in [-0.25, -0.2) is 4.98 Å². The summed E-state index contributed by atoms with van der Waals surface area (Å²) >= 11 is 2.97. The highest BCUT2D eigenvalue weighted by Gasteiger charge is 2.29. The van der Waals surface area contributed by atoms with Gasteiger partial charge in [-0.05, 0) is 50.5 Å². The molecule has 1 atom stereocenters. The molecule has 26 heavy (non-hydrogen) atoms. The van der Waals surface area contributed by atoms with Gasteiger partial charge in [0.05, 0.1) is 11.1 Å². The number of rotatable bonds is 7. The zero-order chi connectivity index (χ0) is 18.3. The van der Waals surface area contributed by atoms with E-state index in [1.165, 1.54) is 35.0 Å². The number of amides is 1. The summed E-state index contributed by atoms with van der Waals surface area (Å²) in [5, 5.41) is 4.44. The Morgan fingerprint density at radius 2 is 2.31 bits per heavy atom. The van der Waals surface area contributed by atoms with Crippen molar-refractivity contribution >= 4 is 39.2 Å². The first kappa shape index (κ1) is 17.8. The average molecular weight is 390 g/mol. The number of hydrogen-bond donors (Lipinski definition) is 1. The Kier molecular flexibility index (Phi) is 4.92. The maximum absolute atomic E-state index is 13.0. The fourth-order valence-corrected chi connectivity index (χ4v) is 5.72. The van der Waals surface area contributed by atoms with Crippen LogP contribution in [0.5, 0.6) is 0 Å². The lowest BCUT2D eigenvalue weighted by atomic mass is 10.2. The number of aromatic nitrogens is 2. The van der Waals surface area contributed by atoms with Crippen LogP contribution in [0.15, 0.2) is 22.6 Å². The van der Waals surface area contributed by atoms with Crippen molar-refractivity contribution in [2.75, 3.05) is 5.75 Å². The monoisotopic (exact) mass is 389 g/mol. The summed E-state index contributed by atoms with van der Waals surface area (Å²) in [6, 6.07) is 0.231. The van der Waals surface area contributed by atoms with Gasteiger partial charge < -0.3 is 5.32 Å². The zero-order valence-electron chi connectivity index (χ0n) is 14.9. The van der Waals surface area contributed by atoms with Gasteiger partial charge in [-0.3, -0.25) is 14.2 Å². The Bertz CT molecular complexity index is 927. The van der Waals surface area contributed by atoms with Gasteiger partial charge in [0.15, 0.2) is 5.16 Å². The second-order valence-electron chi connectivity index (χ2n) is 7.12. The van der Waals surface area contributed by atoms with Crippen molar-refractivity contribution in [3.8, 4) is 0 Å². The molecule has 1 fully saturated rings. The molecule has 0 bridgehead atoms. The molecule has 0 saturated heterocycles. The van der Waals surface area contributed by atoms with E-state index in [-0.39, 0.29) is 23.3 Å². The van der Waals surface area contributed by atoms with Gasteiger partial charge in [-0.1, -0.05) is 17.8 Å². The summed E-state index contributed by atoms with van der Waals surface area (Å²) < 4.78 is 1.66. The number of nitrogens with one attached hydrogen (secondary N) is 1. The van der Waals surface area contributed by atoms with E-state index >= 15 is 0 Å². The number of carbonyl (C=O) groups excluding carboxylic acids is 1. The van der Waals surface area contributed by atoms with E-state index in [1.807, 2.05) is 0 Å². The molecule has 1 N–H and O–H groups in total. The van der Waals surface area contributed by atoms with Gasteiger partial charge in [-0.2, -0.15) is 0 Å².